The van der Waals surface area contributed by atoms with E-state index in [2.05, 4.69) is 21.2 Å². The van der Waals surface area contributed by atoms with Gasteiger partial charge in [0, 0.05) is 23.2 Å². The maximum Gasteiger partial charge on any atom is 0.240 e. The first-order valence-electron chi connectivity index (χ1n) is 7.90. The molecule has 0 bridgehead atoms. The van der Waals surface area contributed by atoms with Gasteiger partial charge >= 0.3 is 0 Å². The highest BCUT2D eigenvalue weighted by Gasteiger charge is 2.58. The Morgan fingerprint density at radius 2 is 1.86 bits per heavy atom. The van der Waals surface area contributed by atoms with Gasteiger partial charge in [-0.3, -0.25) is 9.59 Å². The van der Waals surface area contributed by atoms with E-state index in [1.807, 2.05) is 30.0 Å². The lowest BCUT2D eigenvalue weighted by Crippen LogP contribution is -2.45. The maximum atomic E-state index is 12.7. The van der Waals surface area contributed by atoms with Gasteiger partial charge in [-0.2, -0.15) is 0 Å². The Kier molecular flexibility index (Phi) is 4.26. The summed E-state index contributed by atoms with van der Waals surface area (Å²) in [5, 5.41) is 2.95. The maximum absolute atomic E-state index is 12.7. The Labute approximate surface area is 139 Å². The molecule has 5 heteroatoms. The third kappa shape index (κ3) is 2.91. The molecule has 1 aliphatic heterocycles. The van der Waals surface area contributed by atoms with E-state index in [-0.39, 0.29) is 11.8 Å². The van der Waals surface area contributed by atoms with Crippen molar-refractivity contribution in [2.24, 2.45) is 5.41 Å². The molecule has 0 aromatic heterocycles. The number of halogens is 1. The molecule has 118 valence electrons. The van der Waals surface area contributed by atoms with Crippen molar-refractivity contribution in [1.82, 2.24) is 4.90 Å². The van der Waals surface area contributed by atoms with Crippen molar-refractivity contribution in [3.8, 4) is 0 Å². The number of hydrogen-bond donors (Lipinski definition) is 1. The van der Waals surface area contributed by atoms with Gasteiger partial charge in [-0.25, -0.2) is 0 Å². The van der Waals surface area contributed by atoms with Crippen molar-refractivity contribution < 1.29 is 9.59 Å². The lowest BCUT2D eigenvalue weighted by Gasteiger charge is -2.30. The first-order chi connectivity index (χ1) is 10.5. The van der Waals surface area contributed by atoms with E-state index in [1.54, 1.807) is 0 Å². The largest absolute Gasteiger partial charge is 0.342 e. The van der Waals surface area contributed by atoms with Crippen LogP contribution in [0.1, 0.15) is 37.7 Å². The molecule has 1 aliphatic carbocycles. The molecule has 4 nitrogen and oxygen atoms in total. The minimum atomic E-state index is -0.809. The normalized spacial score (nSPS) is 19.6. The Hall–Kier alpha value is -1.36. The molecule has 1 heterocycles. The van der Waals surface area contributed by atoms with Crippen LogP contribution in [0.25, 0.3) is 0 Å². The van der Waals surface area contributed by atoms with Crippen LogP contribution >= 0.6 is 15.9 Å². The Bertz CT molecular complexity index is 605. The number of nitrogens with one attached hydrogen (secondary N) is 1. The van der Waals surface area contributed by atoms with Crippen LogP contribution in [0.15, 0.2) is 22.7 Å². The molecule has 0 atom stereocenters. The van der Waals surface area contributed by atoms with Crippen molar-refractivity contribution in [2.45, 2.75) is 39.0 Å². The summed E-state index contributed by atoms with van der Waals surface area (Å²) in [7, 11) is 0. The SMILES string of the molecule is Cc1cc(Br)ccc1NC(=O)C1(C(=O)N2CCCCC2)CC1. The smallest absolute Gasteiger partial charge is 0.240 e. The van der Waals surface area contributed by atoms with E-state index in [1.165, 1.54) is 6.42 Å². The zero-order valence-electron chi connectivity index (χ0n) is 12.8. The average molecular weight is 365 g/mol. The summed E-state index contributed by atoms with van der Waals surface area (Å²) < 4.78 is 0.980. The molecule has 1 saturated heterocycles. The minimum absolute atomic E-state index is 0.0273. The number of carbonyl (C=O) groups excluding carboxylic acids is 2. The number of piperidine rings is 1. The van der Waals surface area contributed by atoms with Gasteiger partial charge in [0.05, 0.1) is 0 Å². The predicted octanol–water partition coefficient (Wildman–Crippen LogP) is 3.49. The van der Waals surface area contributed by atoms with Crippen LogP contribution in [0, 0.1) is 12.3 Å². The van der Waals surface area contributed by atoms with E-state index < -0.39 is 5.41 Å². The number of nitrogens with zero attached hydrogens (tertiary/aromatic N) is 1. The van der Waals surface area contributed by atoms with Gasteiger partial charge in [0.15, 0.2) is 0 Å². The molecule has 2 aliphatic rings. The van der Waals surface area contributed by atoms with Gasteiger partial charge < -0.3 is 10.2 Å². The van der Waals surface area contributed by atoms with Crippen LogP contribution in [-0.2, 0) is 9.59 Å². The summed E-state index contributed by atoms with van der Waals surface area (Å²) in [5.41, 5.74) is 0.964. The summed E-state index contributed by atoms with van der Waals surface area (Å²) in [4.78, 5) is 27.2. The molecular formula is C17H21BrN2O2. The minimum Gasteiger partial charge on any atom is -0.342 e. The van der Waals surface area contributed by atoms with E-state index in [0.29, 0.717) is 12.8 Å². The number of likely N-dealkylation sites (tertiary alicyclic amines) is 1. The molecule has 1 saturated carbocycles. The zero-order valence-corrected chi connectivity index (χ0v) is 14.4. The molecule has 3 rings (SSSR count). The van der Waals surface area contributed by atoms with E-state index >= 15 is 0 Å². The van der Waals surface area contributed by atoms with Gasteiger partial charge in [0.1, 0.15) is 5.41 Å². The summed E-state index contributed by atoms with van der Waals surface area (Å²) in [6.45, 7) is 3.54. The van der Waals surface area contributed by atoms with Crippen LogP contribution in [0.4, 0.5) is 5.69 Å². The highest BCUT2D eigenvalue weighted by atomic mass is 79.9. The Morgan fingerprint density at radius 1 is 1.18 bits per heavy atom. The average Bonchev–Trinajstić information content (AvgIpc) is 3.32. The molecule has 22 heavy (non-hydrogen) atoms. The summed E-state index contributed by atoms with van der Waals surface area (Å²) in [6.07, 6.45) is 4.62. The van der Waals surface area contributed by atoms with Crippen molar-refractivity contribution in [3.05, 3.63) is 28.2 Å². The van der Waals surface area contributed by atoms with Crippen LogP contribution in [-0.4, -0.2) is 29.8 Å². The fraction of sp³-hybridized carbons (Fsp3) is 0.529. The fourth-order valence-corrected chi connectivity index (χ4v) is 3.55. The lowest BCUT2D eigenvalue weighted by atomic mass is 10.0. The summed E-state index contributed by atoms with van der Waals surface area (Å²) in [6, 6.07) is 5.73. The predicted molar refractivity (Wildman–Crippen MR) is 89.6 cm³/mol. The number of amides is 2. The first kappa shape index (κ1) is 15.5. The van der Waals surface area contributed by atoms with Gasteiger partial charge in [-0.1, -0.05) is 15.9 Å². The highest BCUT2D eigenvalue weighted by Crippen LogP contribution is 2.48. The molecule has 0 radical (unpaired) electrons. The number of benzene rings is 1. The van der Waals surface area contributed by atoms with Crippen molar-refractivity contribution in [2.75, 3.05) is 18.4 Å². The molecule has 0 spiro atoms. The van der Waals surface area contributed by atoms with Crippen LogP contribution in [0.3, 0.4) is 0 Å². The molecule has 1 aromatic rings. The fourth-order valence-electron chi connectivity index (χ4n) is 3.07. The monoisotopic (exact) mass is 364 g/mol. The van der Waals surface area contributed by atoms with Gasteiger partial charge in [0.25, 0.3) is 0 Å². The van der Waals surface area contributed by atoms with Crippen LogP contribution < -0.4 is 5.32 Å². The molecule has 1 N–H and O–H groups in total. The van der Waals surface area contributed by atoms with Crippen LogP contribution in [0.2, 0.25) is 0 Å². The van der Waals surface area contributed by atoms with E-state index in [4.69, 9.17) is 0 Å². The summed E-state index contributed by atoms with van der Waals surface area (Å²) >= 11 is 3.42. The van der Waals surface area contributed by atoms with Crippen molar-refractivity contribution in [3.63, 3.8) is 0 Å². The number of aryl methyl sites for hydroxylation is 1. The standard InChI is InChI=1S/C17H21BrN2O2/c1-12-11-13(18)5-6-14(12)19-15(21)17(7-8-17)16(22)20-9-3-2-4-10-20/h5-6,11H,2-4,7-10H2,1H3,(H,19,21). The first-order valence-corrected chi connectivity index (χ1v) is 8.69. The van der Waals surface area contributed by atoms with Gasteiger partial charge in [0.2, 0.25) is 11.8 Å². The third-order valence-corrected chi connectivity index (χ3v) is 5.17. The Balaban J connectivity index is 1.72. The topological polar surface area (TPSA) is 49.4 Å². The second-order valence-corrected chi connectivity index (χ2v) is 7.26. The third-order valence-electron chi connectivity index (χ3n) is 4.67. The molecule has 1 aromatic carbocycles. The number of rotatable bonds is 3. The lowest BCUT2D eigenvalue weighted by molar-refractivity contribution is -0.143. The van der Waals surface area contributed by atoms with E-state index in [0.717, 1.165) is 41.7 Å². The van der Waals surface area contributed by atoms with Gasteiger partial charge in [-0.15, -0.1) is 0 Å². The number of hydrogen-bond acceptors (Lipinski definition) is 2. The van der Waals surface area contributed by atoms with Crippen molar-refractivity contribution >= 4 is 33.4 Å². The van der Waals surface area contributed by atoms with Crippen molar-refractivity contribution in [1.29, 1.82) is 0 Å². The second-order valence-electron chi connectivity index (χ2n) is 6.35. The van der Waals surface area contributed by atoms with E-state index in [9.17, 15) is 9.59 Å². The molecule has 2 amide bonds. The summed E-state index contributed by atoms with van der Waals surface area (Å²) in [5.74, 6) is -0.118. The second kappa shape index (κ2) is 6.03. The van der Waals surface area contributed by atoms with Gasteiger partial charge in [-0.05, 0) is 62.8 Å². The number of anilines is 1. The highest BCUT2D eigenvalue weighted by molar-refractivity contribution is 9.10. The quantitative estimate of drug-likeness (QED) is 0.834. The molecular weight excluding hydrogens is 344 g/mol. The zero-order chi connectivity index (χ0) is 15.7. The number of carbonyl (C=O) groups is 2. The molecule has 2 fully saturated rings. The Morgan fingerprint density at radius 3 is 2.45 bits per heavy atom. The molecule has 0 unspecified atom stereocenters. The van der Waals surface area contributed by atoms with Crippen LogP contribution in [0.5, 0.6) is 0 Å².